The lowest BCUT2D eigenvalue weighted by molar-refractivity contribution is 0.0652. The van der Waals surface area contributed by atoms with Crippen LogP contribution in [-0.2, 0) is 0 Å². The molecular weight excluding hydrogens is 232 g/mol. The molecule has 0 bridgehead atoms. The minimum absolute atomic E-state index is 0.284. The summed E-state index contributed by atoms with van der Waals surface area (Å²) in [6, 6.07) is 7.76. The van der Waals surface area contributed by atoms with E-state index in [0.717, 1.165) is 16.5 Å². The third kappa shape index (κ3) is 1.48. The standard InChI is InChI=1S/C13H10N2O3/c1-7-11(15-12(18-7)13(16)17)9-6-14-10-5-3-2-4-8(9)10/h2-6,14H,1H3,(H,16,17). The van der Waals surface area contributed by atoms with E-state index >= 15 is 0 Å². The molecular formula is C13H10N2O3. The summed E-state index contributed by atoms with van der Waals surface area (Å²) >= 11 is 0. The second kappa shape index (κ2) is 3.73. The fraction of sp³-hybridized carbons (Fsp3) is 0.0769. The van der Waals surface area contributed by atoms with Crippen molar-refractivity contribution >= 4 is 16.9 Å². The van der Waals surface area contributed by atoms with Gasteiger partial charge in [-0.15, -0.1) is 0 Å². The highest BCUT2D eigenvalue weighted by atomic mass is 16.4. The number of benzene rings is 1. The van der Waals surface area contributed by atoms with Crippen LogP contribution in [0.25, 0.3) is 22.2 Å². The van der Waals surface area contributed by atoms with Crippen molar-refractivity contribution in [3.8, 4) is 11.3 Å². The summed E-state index contributed by atoms with van der Waals surface area (Å²) in [4.78, 5) is 18.0. The van der Waals surface area contributed by atoms with Gasteiger partial charge in [-0.1, -0.05) is 18.2 Å². The lowest BCUT2D eigenvalue weighted by atomic mass is 10.1. The number of para-hydroxylation sites is 1. The topological polar surface area (TPSA) is 79.1 Å². The fourth-order valence-electron chi connectivity index (χ4n) is 2.01. The summed E-state index contributed by atoms with van der Waals surface area (Å²) in [5.41, 5.74) is 2.39. The van der Waals surface area contributed by atoms with Crippen LogP contribution in [0.15, 0.2) is 34.9 Å². The van der Waals surface area contributed by atoms with Crippen LogP contribution in [0.2, 0.25) is 0 Å². The van der Waals surface area contributed by atoms with E-state index in [4.69, 9.17) is 9.52 Å². The first-order valence-corrected chi connectivity index (χ1v) is 5.44. The van der Waals surface area contributed by atoms with Crippen molar-refractivity contribution in [3.63, 3.8) is 0 Å². The molecule has 5 heteroatoms. The van der Waals surface area contributed by atoms with Crippen LogP contribution in [0.1, 0.15) is 16.4 Å². The van der Waals surface area contributed by atoms with E-state index in [0.29, 0.717) is 11.5 Å². The molecule has 5 nitrogen and oxygen atoms in total. The van der Waals surface area contributed by atoms with Crippen molar-refractivity contribution in [2.75, 3.05) is 0 Å². The number of carbonyl (C=O) groups is 1. The van der Waals surface area contributed by atoms with E-state index in [-0.39, 0.29) is 5.89 Å². The summed E-state index contributed by atoms with van der Waals surface area (Å²) in [5.74, 6) is -0.950. The van der Waals surface area contributed by atoms with Crippen LogP contribution in [0.5, 0.6) is 0 Å². The number of aromatic amines is 1. The van der Waals surface area contributed by atoms with Crippen molar-refractivity contribution in [3.05, 3.63) is 42.1 Å². The summed E-state index contributed by atoms with van der Waals surface area (Å²) in [7, 11) is 0. The Bertz CT molecular complexity index is 740. The van der Waals surface area contributed by atoms with Gasteiger partial charge in [-0.05, 0) is 13.0 Å². The Morgan fingerprint density at radius 1 is 1.39 bits per heavy atom. The van der Waals surface area contributed by atoms with E-state index in [2.05, 4.69) is 9.97 Å². The normalized spacial score (nSPS) is 10.9. The molecule has 18 heavy (non-hydrogen) atoms. The fourth-order valence-corrected chi connectivity index (χ4v) is 2.01. The molecule has 0 saturated carbocycles. The number of aromatic carboxylic acids is 1. The van der Waals surface area contributed by atoms with Gasteiger partial charge in [0.1, 0.15) is 11.5 Å². The molecule has 3 aromatic rings. The minimum Gasteiger partial charge on any atom is -0.474 e. The summed E-state index contributed by atoms with van der Waals surface area (Å²) in [5, 5.41) is 9.86. The van der Waals surface area contributed by atoms with Crippen LogP contribution in [-0.4, -0.2) is 21.0 Å². The maximum absolute atomic E-state index is 10.8. The molecule has 0 spiro atoms. The highest BCUT2D eigenvalue weighted by molar-refractivity contribution is 5.95. The van der Waals surface area contributed by atoms with Crippen molar-refractivity contribution in [1.29, 1.82) is 0 Å². The van der Waals surface area contributed by atoms with E-state index < -0.39 is 5.97 Å². The predicted octanol–water partition coefficient (Wildman–Crippen LogP) is 2.83. The lowest BCUT2D eigenvalue weighted by Crippen LogP contribution is -1.95. The molecule has 0 aliphatic heterocycles. The van der Waals surface area contributed by atoms with Crippen LogP contribution >= 0.6 is 0 Å². The van der Waals surface area contributed by atoms with Gasteiger partial charge in [-0.25, -0.2) is 9.78 Å². The molecule has 0 unspecified atom stereocenters. The Labute approximate surface area is 102 Å². The minimum atomic E-state index is -1.16. The van der Waals surface area contributed by atoms with E-state index in [1.165, 1.54) is 0 Å². The number of nitrogens with one attached hydrogen (secondary N) is 1. The Morgan fingerprint density at radius 2 is 2.17 bits per heavy atom. The molecule has 0 aliphatic rings. The van der Waals surface area contributed by atoms with Gasteiger partial charge in [0.05, 0.1) is 0 Å². The van der Waals surface area contributed by atoms with Gasteiger partial charge in [-0.3, -0.25) is 0 Å². The van der Waals surface area contributed by atoms with Crippen molar-refractivity contribution in [2.45, 2.75) is 6.92 Å². The third-order valence-electron chi connectivity index (χ3n) is 2.82. The Balaban J connectivity index is 2.23. The second-order valence-electron chi connectivity index (χ2n) is 3.98. The third-order valence-corrected chi connectivity index (χ3v) is 2.82. The van der Waals surface area contributed by atoms with Crippen LogP contribution in [0.3, 0.4) is 0 Å². The van der Waals surface area contributed by atoms with Gasteiger partial charge < -0.3 is 14.5 Å². The molecule has 0 aliphatic carbocycles. The SMILES string of the molecule is Cc1oc(C(=O)O)nc1-c1c[nH]c2ccccc12. The highest BCUT2D eigenvalue weighted by Gasteiger charge is 2.18. The largest absolute Gasteiger partial charge is 0.474 e. The number of oxazole rings is 1. The number of carboxylic acids is 1. The Morgan fingerprint density at radius 3 is 2.89 bits per heavy atom. The number of carboxylic acid groups (broad SMARTS) is 1. The van der Waals surface area contributed by atoms with Gasteiger partial charge in [0.25, 0.3) is 0 Å². The number of aryl methyl sites for hydroxylation is 1. The first-order valence-electron chi connectivity index (χ1n) is 5.44. The Kier molecular flexibility index (Phi) is 2.19. The summed E-state index contributed by atoms with van der Waals surface area (Å²) in [6.45, 7) is 1.70. The number of H-pyrrole nitrogens is 1. The summed E-state index contributed by atoms with van der Waals surface area (Å²) < 4.78 is 5.12. The smallest absolute Gasteiger partial charge is 0.392 e. The average Bonchev–Trinajstić information content (AvgIpc) is 2.92. The first kappa shape index (κ1) is 10.6. The summed E-state index contributed by atoms with van der Waals surface area (Å²) in [6.07, 6.45) is 1.81. The monoisotopic (exact) mass is 242 g/mol. The van der Waals surface area contributed by atoms with Crippen LogP contribution in [0.4, 0.5) is 0 Å². The first-order chi connectivity index (χ1) is 8.66. The molecule has 0 saturated heterocycles. The van der Waals surface area contributed by atoms with E-state index in [9.17, 15) is 4.79 Å². The zero-order valence-electron chi connectivity index (χ0n) is 9.60. The lowest BCUT2D eigenvalue weighted by Gasteiger charge is -1.94. The van der Waals surface area contributed by atoms with Gasteiger partial charge in [-0.2, -0.15) is 0 Å². The van der Waals surface area contributed by atoms with E-state index in [1.807, 2.05) is 24.3 Å². The van der Waals surface area contributed by atoms with Crippen LogP contribution < -0.4 is 0 Å². The zero-order valence-corrected chi connectivity index (χ0v) is 9.60. The van der Waals surface area contributed by atoms with Gasteiger partial charge in [0.15, 0.2) is 0 Å². The van der Waals surface area contributed by atoms with Crippen molar-refractivity contribution in [2.24, 2.45) is 0 Å². The zero-order chi connectivity index (χ0) is 12.7. The maximum atomic E-state index is 10.8. The van der Waals surface area contributed by atoms with Crippen LogP contribution in [0, 0.1) is 6.92 Å². The number of hydrogen-bond donors (Lipinski definition) is 2. The van der Waals surface area contributed by atoms with E-state index in [1.54, 1.807) is 13.1 Å². The highest BCUT2D eigenvalue weighted by Crippen LogP contribution is 2.30. The molecule has 2 aromatic heterocycles. The number of hydrogen-bond acceptors (Lipinski definition) is 3. The quantitative estimate of drug-likeness (QED) is 0.724. The molecule has 2 N–H and O–H groups in total. The predicted molar refractivity (Wildman–Crippen MR) is 65.5 cm³/mol. The number of aromatic nitrogens is 2. The molecule has 1 aromatic carbocycles. The molecule has 0 radical (unpaired) electrons. The Hall–Kier alpha value is -2.56. The average molecular weight is 242 g/mol. The van der Waals surface area contributed by atoms with Gasteiger partial charge >= 0.3 is 11.9 Å². The van der Waals surface area contributed by atoms with Crippen molar-refractivity contribution < 1.29 is 14.3 Å². The van der Waals surface area contributed by atoms with Gasteiger partial charge in [0, 0.05) is 22.7 Å². The number of rotatable bonds is 2. The molecule has 0 atom stereocenters. The maximum Gasteiger partial charge on any atom is 0.392 e. The molecule has 3 rings (SSSR count). The van der Waals surface area contributed by atoms with Crippen molar-refractivity contribution in [1.82, 2.24) is 9.97 Å². The molecule has 90 valence electrons. The number of fused-ring (bicyclic) bond motifs is 1. The van der Waals surface area contributed by atoms with Gasteiger partial charge in [0.2, 0.25) is 0 Å². The number of nitrogens with zero attached hydrogens (tertiary/aromatic N) is 1. The second-order valence-corrected chi connectivity index (χ2v) is 3.98. The molecule has 0 amide bonds. The molecule has 2 heterocycles. The molecule has 0 fully saturated rings.